The number of amides is 1. The van der Waals surface area contributed by atoms with E-state index >= 15 is 0 Å². The zero-order chi connectivity index (χ0) is 24.2. The summed E-state index contributed by atoms with van der Waals surface area (Å²) in [6, 6.07) is 16.5. The van der Waals surface area contributed by atoms with E-state index in [1.807, 2.05) is 54.4 Å². The molecule has 1 N–H and O–H groups in total. The standard InChI is InChI=1S/C25H26FN7O2/c1-18-20(17-33(29-18)19-7-3-2-4-8-19)23-28-25(35-30-23)24(34)27-11-12-31-13-15-32(16-14-31)22-10-6-5-9-21(22)26/h2-10,17H,11-16H2,1H3,(H,27,34). The average molecular weight is 476 g/mol. The smallest absolute Gasteiger partial charge is 0.316 e. The Labute approximate surface area is 202 Å². The first-order valence-electron chi connectivity index (χ1n) is 11.5. The van der Waals surface area contributed by atoms with Crippen molar-refractivity contribution in [2.45, 2.75) is 6.92 Å². The molecule has 5 rings (SSSR count). The van der Waals surface area contributed by atoms with Gasteiger partial charge in [0.2, 0.25) is 5.82 Å². The lowest BCUT2D eigenvalue weighted by Gasteiger charge is -2.36. The molecule has 0 bridgehead atoms. The van der Waals surface area contributed by atoms with Crippen molar-refractivity contribution in [1.29, 1.82) is 0 Å². The number of nitrogens with zero attached hydrogens (tertiary/aromatic N) is 6. The highest BCUT2D eigenvalue weighted by Gasteiger charge is 2.21. The molecule has 1 saturated heterocycles. The molecular formula is C25H26FN7O2. The topological polar surface area (TPSA) is 92.3 Å². The van der Waals surface area contributed by atoms with E-state index < -0.39 is 5.91 Å². The highest BCUT2D eigenvalue weighted by Crippen LogP contribution is 2.22. The van der Waals surface area contributed by atoms with Crippen molar-refractivity contribution < 1.29 is 13.7 Å². The maximum atomic E-state index is 14.0. The molecule has 0 atom stereocenters. The van der Waals surface area contributed by atoms with Crippen LogP contribution in [0.15, 0.2) is 65.3 Å². The number of nitrogens with one attached hydrogen (secondary N) is 1. The summed E-state index contributed by atoms with van der Waals surface area (Å²) >= 11 is 0. The second kappa shape index (κ2) is 10.1. The van der Waals surface area contributed by atoms with Gasteiger partial charge in [0.25, 0.3) is 0 Å². The average Bonchev–Trinajstić information content (AvgIpc) is 3.52. The number of rotatable bonds is 7. The van der Waals surface area contributed by atoms with Gasteiger partial charge in [0.15, 0.2) is 0 Å². The van der Waals surface area contributed by atoms with Crippen LogP contribution in [0, 0.1) is 12.7 Å². The van der Waals surface area contributed by atoms with Crippen LogP contribution in [0.4, 0.5) is 10.1 Å². The Balaban J connectivity index is 1.12. The number of anilines is 1. The lowest BCUT2D eigenvalue weighted by molar-refractivity contribution is 0.0904. The fraction of sp³-hybridized carbons (Fsp3) is 0.280. The number of benzene rings is 2. The molecule has 0 saturated carbocycles. The highest BCUT2D eigenvalue weighted by atomic mass is 19.1. The zero-order valence-electron chi connectivity index (χ0n) is 19.4. The predicted octanol–water partition coefficient (Wildman–Crippen LogP) is 2.92. The van der Waals surface area contributed by atoms with Gasteiger partial charge in [-0.05, 0) is 31.2 Å². The van der Waals surface area contributed by atoms with E-state index in [1.165, 1.54) is 6.07 Å². The van der Waals surface area contributed by atoms with E-state index in [0.29, 0.717) is 30.2 Å². The van der Waals surface area contributed by atoms with Crippen molar-refractivity contribution in [2.75, 3.05) is 44.2 Å². The minimum atomic E-state index is -0.415. The summed E-state index contributed by atoms with van der Waals surface area (Å²) in [6.07, 6.45) is 1.82. The Morgan fingerprint density at radius 2 is 1.80 bits per heavy atom. The van der Waals surface area contributed by atoms with Gasteiger partial charge in [-0.2, -0.15) is 10.1 Å². The Morgan fingerprint density at radius 1 is 1.06 bits per heavy atom. The van der Waals surface area contributed by atoms with E-state index in [4.69, 9.17) is 4.52 Å². The first-order valence-corrected chi connectivity index (χ1v) is 11.5. The molecule has 4 aromatic rings. The van der Waals surface area contributed by atoms with Crippen molar-refractivity contribution >= 4 is 11.6 Å². The molecule has 9 nitrogen and oxygen atoms in total. The van der Waals surface area contributed by atoms with Crippen LogP contribution in [-0.4, -0.2) is 70.0 Å². The van der Waals surface area contributed by atoms with Crippen molar-refractivity contribution in [3.05, 3.63) is 78.2 Å². The number of para-hydroxylation sites is 2. The summed E-state index contributed by atoms with van der Waals surface area (Å²) in [5.41, 5.74) is 2.98. The lowest BCUT2D eigenvalue weighted by Crippen LogP contribution is -2.48. The molecule has 0 aliphatic carbocycles. The van der Waals surface area contributed by atoms with Gasteiger partial charge in [-0.15, -0.1) is 0 Å². The summed E-state index contributed by atoms with van der Waals surface area (Å²) < 4.78 is 21.0. The number of aromatic nitrogens is 4. The van der Waals surface area contributed by atoms with Crippen LogP contribution in [0.5, 0.6) is 0 Å². The van der Waals surface area contributed by atoms with Crippen molar-refractivity contribution in [3.8, 4) is 17.1 Å². The van der Waals surface area contributed by atoms with Gasteiger partial charge in [-0.25, -0.2) is 9.07 Å². The summed E-state index contributed by atoms with van der Waals surface area (Å²) in [5.74, 6) is -0.382. The van der Waals surface area contributed by atoms with Crippen LogP contribution in [0.3, 0.4) is 0 Å². The SMILES string of the molecule is Cc1nn(-c2ccccc2)cc1-c1noc(C(=O)NCCN2CCN(c3ccccc3F)CC2)n1. The van der Waals surface area contributed by atoms with E-state index in [9.17, 15) is 9.18 Å². The summed E-state index contributed by atoms with van der Waals surface area (Å²) in [4.78, 5) is 21.1. The number of hydrogen-bond acceptors (Lipinski definition) is 7. The largest absolute Gasteiger partial charge is 0.367 e. The van der Waals surface area contributed by atoms with Gasteiger partial charge in [0, 0.05) is 45.5 Å². The minimum absolute atomic E-state index is 0.0868. The summed E-state index contributed by atoms with van der Waals surface area (Å²) in [6.45, 7) is 6.04. The summed E-state index contributed by atoms with van der Waals surface area (Å²) in [5, 5.41) is 11.3. The monoisotopic (exact) mass is 475 g/mol. The number of carbonyl (C=O) groups is 1. The maximum Gasteiger partial charge on any atom is 0.316 e. The molecule has 2 aromatic heterocycles. The Kier molecular flexibility index (Phi) is 6.53. The number of halogens is 1. The fourth-order valence-corrected chi connectivity index (χ4v) is 4.14. The van der Waals surface area contributed by atoms with Crippen LogP contribution in [0.2, 0.25) is 0 Å². The predicted molar refractivity (Wildman–Crippen MR) is 129 cm³/mol. The van der Waals surface area contributed by atoms with Crippen LogP contribution in [-0.2, 0) is 0 Å². The third kappa shape index (κ3) is 5.07. The molecule has 0 spiro atoms. The molecule has 1 aliphatic heterocycles. The van der Waals surface area contributed by atoms with Crippen LogP contribution in [0.25, 0.3) is 17.1 Å². The quantitative estimate of drug-likeness (QED) is 0.439. The van der Waals surface area contributed by atoms with Crippen LogP contribution in [0.1, 0.15) is 16.4 Å². The Morgan fingerprint density at radius 3 is 2.57 bits per heavy atom. The van der Waals surface area contributed by atoms with E-state index in [0.717, 1.165) is 37.6 Å². The molecule has 1 aliphatic rings. The van der Waals surface area contributed by atoms with Gasteiger partial charge in [-0.3, -0.25) is 9.69 Å². The Hall–Kier alpha value is -4.05. The molecular weight excluding hydrogens is 449 g/mol. The first-order chi connectivity index (χ1) is 17.1. The number of hydrogen-bond donors (Lipinski definition) is 1. The second-order valence-electron chi connectivity index (χ2n) is 8.37. The lowest BCUT2D eigenvalue weighted by atomic mass is 10.2. The zero-order valence-corrected chi connectivity index (χ0v) is 19.4. The molecule has 0 radical (unpaired) electrons. The third-order valence-corrected chi connectivity index (χ3v) is 6.06. The minimum Gasteiger partial charge on any atom is -0.367 e. The van der Waals surface area contributed by atoms with Gasteiger partial charge < -0.3 is 14.7 Å². The van der Waals surface area contributed by atoms with E-state index in [2.05, 4.69) is 25.5 Å². The fourth-order valence-electron chi connectivity index (χ4n) is 4.14. The Bertz CT molecular complexity index is 1300. The van der Waals surface area contributed by atoms with Gasteiger partial charge in [0.1, 0.15) is 5.82 Å². The van der Waals surface area contributed by atoms with Crippen LogP contribution < -0.4 is 10.2 Å². The van der Waals surface area contributed by atoms with Gasteiger partial charge >= 0.3 is 11.8 Å². The van der Waals surface area contributed by atoms with E-state index in [1.54, 1.807) is 16.8 Å². The molecule has 1 amide bonds. The molecule has 3 heterocycles. The van der Waals surface area contributed by atoms with Crippen molar-refractivity contribution in [1.82, 2.24) is 30.1 Å². The van der Waals surface area contributed by atoms with Crippen molar-refractivity contribution in [3.63, 3.8) is 0 Å². The second-order valence-corrected chi connectivity index (χ2v) is 8.37. The van der Waals surface area contributed by atoms with E-state index in [-0.39, 0.29) is 11.7 Å². The first kappa shape index (κ1) is 22.7. The molecule has 10 heteroatoms. The van der Waals surface area contributed by atoms with Crippen molar-refractivity contribution in [2.24, 2.45) is 0 Å². The number of piperazine rings is 1. The summed E-state index contributed by atoms with van der Waals surface area (Å²) in [7, 11) is 0. The highest BCUT2D eigenvalue weighted by molar-refractivity contribution is 5.89. The van der Waals surface area contributed by atoms with Crippen LogP contribution >= 0.6 is 0 Å². The normalized spacial score (nSPS) is 14.3. The van der Waals surface area contributed by atoms with Gasteiger partial charge in [0.05, 0.1) is 22.6 Å². The third-order valence-electron chi connectivity index (χ3n) is 6.06. The molecule has 35 heavy (non-hydrogen) atoms. The maximum absolute atomic E-state index is 14.0. The molecule has 180 valence electrons. The molecule has 0 unspecified atom stereocenters. The molecule has 2 aromatic carbocycles. The molecule has 1 fully saturated rings. The number of aryl methyl sites for hydroxylation is 1. The van der Waals surface area contributed by atoms with Gasteiger partial charge in [-0.1, -0.05) is 35.5 Å². The number of carbonyl (C=O) groups excluding carboxylic acids is 1.